The van der Waals surface area contributed by atoms with Gasteiger partial charge in [0.15, 0.2) is 0 Å². The van der Waals surface area contributed by atoms with Gasteiger partial charge >= 0.3 is 0 Å². The lowest BCUT2D eigenvalue weighted by molar-refractivity contribution is -0.145. The van der Waals surface area contributed by atoms with Gasteiger partial charge in [0.25, 0.3) is 0 Å². The Kier molecular flexibility index (Phi) is 6.58. The third-order valence-electron chi connectivity index (χ3n) is 5.77. The number of rotatable bonds is 8. The van der Waals surface area contributed by atoms with Gasteiger partial charge in [-0.1, -0.05) is 47.7 Å². The van der Waals surface area contributed by atoms with Crippen LogP contribution in [-0.4, -0.2) is 44.4 Å². The summed E-state index contributed by atoms with van der Waals surface area (Å²) in [7, 11) is 1.59. The molecule has 0 aliphatic carbocycles. The molecule has 1 heterocycles. The summed E-state index contributed by atoms with van der Waals surface area (Å²) in [6.45, 7) is 3.72. The summed E-state index contributed by atoms with van der Waals surface area (Å²) >= 11 is 0. The van der Waals surface area contributed by atoms with Gasteiger partial charge in [-0.3, -0.25) is 9.59 Å². The van der Waals surface area contributed by atoms with Gasteiger partial charge in [-0.2, -0.15) is 0 Å². The molecule has 4 aromatic rings. The summed E-state index contributed by atoms with van der Waals surface area (Å²) in [5.41, 5.74) is 1.86. The predicted molar refractivity (Wildman–Crippen MR) is 130 cm³/mol. The maximum Gasteiger partial charge on any atom is 0.249 e. The Morgan fingerprint density at radius 3 is 2.35 bits per heavy atom. The van der Waals surface area contributed by atoms with E-state index in [0.29, 0.717) is 17.0 Å². The van der Waals surface area contributed by atoms with Crippen molar-refractivity contribution in [2.24, 2.45) is 0 Å². The number of carbonyl (C=O) groups excluding carboxylic acids is 2. The number of para-hydroxylation sites is 1. The molecule has 1 aromatic heterocycles. The molecule has 0 unspecified atom stereocenters. The minimum absolute atomic E-state index is 0.0351. The summed E-state index contributed by atoms with van der Waals surface area (Å²) in [6.07, 6.45) is 0. The van der Waals surface area contributed by atoms with Crippen LogP contribution in [0.1, 0.15) is 19.4 Å². The van der Waals surface area contributed by atoms with Crippen molar-refractivity contribution in [3.05, 3.63) is 84.4 Å². The highest BCUT2D eigenvalue weighted by atomic mass is 16.5. The molecule has 2 amide bonds. The number of amides is 2. The second-order valence-electron chi connectivity index (χ2n) is 8.44. The van der Waals surface area contributed by atoms with E-state index in [1.807, 2.05) is 54.6 Å². The Labute approximate surface area is 198 Å². The van der Waals surface area contributed by atoms with E-state index in [2.05, 4.69) is 15.6 Å². The second kappa shape index (κ2) is 9.74. The molecular weight excluding hydrogens is 430 g/mol. The molecule has 0 bridgehead atoms. The van der Waals surface area contributed by atoms with Crippen molar-refractivity contribution in [2.45, 2.75) is 32.5 Å². The fourth-order valence-electron chi connectivity index (χ4n) is 3.69. The van der Waals surface area contributed by atoms with E-state index in [1.165, 1.54) is 0 Å². The maximum atomic E-state index is 13.6. The number of anilines is 1. The molecule has 3 aromatic carbocycles. The average molecular weight is 458 g/mol. The Morgan fingerprint density at radius 1 is 0.971 bits per heavy atom. The van der Waals surface area contributed by atoms with Gasteiger partial charge < -0.3 is 15.0 Å². The monoisotopic (exact) mass is 457 g/mol. The van der Waals surface area contributed by atoms with Crippen molar-refractivity contribution in [2.75, 3.05) is 12.4 Å². The first-order chi connectivity index (χ1) is 16.4. The third kappa shape index (κ3) is 4.91. The molecule has 0 fully saturated rings. The lowest BCUT2D eigenvalue weighted by Crippen LogP contribution is -2.55. The molecule has 34 heavy (non-hydrogen) atoms. The molecule has 1 N–H and O–H groups in total. The number of methoxy groups -OCH3 is 1. The molecule has 0 spiro atoms. The second-order valence-corrected chi connectivity index (χ2v) is 8.44. The summed E-state index contributed by atoms with van der Waals surface area (Å²) in [5.74, 6) is 0.151. The highest BCUT2D eigenvalue weighted by Gasteiger charge is 2.38. The highest BCUT2D eigenvalue weighted by molar-refractivity contribution is 6.00. The van der Waals surface area contributed by atoms with E-state index in [1.54, 1.807) is 54.8 Å². The predicted octanol–water partition coefficient (Wildman–Crippen LogP) is 3.89. The number of fused-ring (bicyclic) bond motifs is 1. The fourth-order valence-corrected chi connectivity index (χ4v) is 3.69. The van der Waals surface area contributed by atoms with Crippen LogP contribution in [0.2, 0.25) is 0 Å². The van der Waals surface area contributed by atoms with E-state index in [9.17, 15) is 9.59 Å². The normalized spacial score (nSPS) is 11.3. The summed E-state index contributed by atoms with van der Waals surface area (Å²) in [6, 6.07) is 24.1. The summed E-state index contributed by atoms with van der Waals surface area (Å²) in [5, 5.41) is 11.2. The van der Waals surface area contributed by atoms with Crippen molar-refractivity contribution in [1.82, 2.24) is 19.9 Å². The van der Waals surface area contributed by atoms with Crippen LogP contribution >= 0.6 is 0 Å². The van der Waals surface area contributed by atoms with Crippen LogP contribution in [0.4, 0.5) is 5.69 Å². The molecule has 0 radical (unpaired) electrons. The van der Waals surface area contributed by atoms with Gasteiger partial charge in [0.2, 0.25) is 11.8 Å². The summed E-state index contributed by atoms with van der Waals surface area (Å²) in [4.78, 5) is 28.5. The Bertz CT molecular complexity index is 1280. The van der Waals surface area contributed by atoms with Crippen LogP contribution in [-0.2, 0) is 22.7 Å². The van der Waals surface area contributed by atoms with E-state index in [-0.39, 0.29) is 24.9 Å². The first-order valence-corrected chi connectivity index (χ1v) is 11.0. The molecule has 0 aliphatic heterocycles. The molecule has 174 valence electrons. The Balaban J connectivity index is 1.60. The maximum absolute atomic E-state index is 13.6. The lowest BCUT2D eigenvalue weighted by Gasteiger charge is -2.37. The molecule has 0 atom stereocenters. The van der Waals surface area contributed by atoms with Crippen LogP contribution in [0.3, 0.4) is 0 Å². The standard InChI is InChI=1S/C26H27N5O3/c1-26(2,25(33)27-20-13-15-21(34-3)16-14-20)30(17-19-9-5-4-6-10-19)24(32)18-31-23-12-8-7-11-22(23)28-29-31/h4-16H,17-18H2,1-3H3,(H,27,33). The molecule has 0 aliphatic rings. The van der Waals surface area contributed by atoms with Crippen molar-refractivity contribution < 1.29 is 14.3 Å². The molecule has 4 rings (SSSR count). The zero-order chi connectivity index (χ0) is 24.1. The van der Waals surface area contributed by atoms with E-state index in [0.717, 1.165) is 11.1 Å². The quantitative estimate of drug-likeness (QED) is 0.434. The minimum Gasteiger partial charge on any atom is -0.497 e. The van der Waals surface area contributed by atoms with E-state index < -0.39 is 5.54 Å². The number of hydrogen-bond donors (Lipinski definition) is 1. The Hall–Kier alpha value is -4.20. The minimum atomic E-state index is -1.15. The lowest BCUT2D eigenvalue weighted by atomic mass is 9.99. The van der Waals surface area contributed by atoms with E-state index in [4.69, 9.17) is 4.74 Å². The third-order valence-corrected chi connectivity index (χ3v) is 5.77. The van der Waals surface area contributed by atoms with Crippen molar-refractivity contribution in [3.63, 3.8) is 0 Å². The van der Waals surface area contributed by atoms with Gasteiger partial charge in [-0.15, -0.1) is 5.10 Å². The van der Waals surface area contributed by atoms with Crippen LogP contribution in [0.15, 0.2) is 78.9 Å². The highest BCUT2D eigenvalue weighted by Crippen LogP contribution is 2.23. The van der Waals surface area contributed by atoms with Crippen LogP contribution < -0.4 is 10.1 Å². The molecule has 8 nitrogen and oxygen atoms in total. The summed E-state index contributed by atoms with van der Waals surface area (Å²) < 4.78 is 6.74. The van der Waals surface area contributed by atoms with Crippen molar-refractivity contribution in [1.29, 1.82) is 0 Å². The molecule has 0 saturated carbocycles. The number of carbonyl (C=O) groups is 2. The smallest absolute Gasteiger partial charge is 0.249 e. The molecule has 0 saturated heterocycles. The van der Waals surface area contributed by atoms with Crippen LogP contribution in [0.25, 0.3) is 11.0 Å². The zero-order valence-corrected chi connectivity index (χ0v) is 19.4. The number of aromatic nitrogens is 3. The number of ether oxygens (including phenoxy) is 1. The topological polar surface area (TPSA) is 89.4 Å². The van der Waals surface area contributed by atoms with Gasteiger partial charge in [-0.25, -0.2) is 4.68 Å². The largest absolute Gasteiger partial charge is 0.497 e. The van der Waals surface area contributed by atoms with Crippen LogP contribution in [0.5, 0.6) is 5.75 Å². The molecular formula is C26H27N5O3. The SMILES string of the molecule is COc1ccc(NC(=O)C(C)(C)N(Cc2ccccc2)C(=O)Cn2nnc3ccccc32)cc1. The van der Waals surface area contributed by atoms with Gasteiger partial charge in [-0.05, 0) is 55.8 Å². The fraction of sp³-hybridized carbons (Fsp3) is 0.231. The number of nitrogens with zero attached hydrogens (tertiary/aromatic N) is 4. The van der Waals surface area contributed by atoms with Crippen molar-refractivity contribution >= 4 is 28.5 Å². The van der Waals surface area contributed by atoms with Crippen molar-refractivity contribution in [3.8, 4) is 5.75 Å². The number of hydrogen-bond acceptors (Lipinski definition) is 5. The average Bonchev–Trinajstić information content (AvgIpc) is 3.26. The van der Waals surface area contributed by atoms with Gasteiger partial charge in [0.05, 0.1) is 12.6 Å². The number of benzene rings is 3. The van der Waals surface area contributed by atoms with Crippen LogP contribution in [0, 0.1) is 0 Å². The number of nitrogens with one attached hydrogen (secondary N) is 1. The first-order valence-electron chi connectivity index (χ1n) is 11.0. The Morgan fingerprint density at radius 2 is 1.65 bits per heavy atom. The van der Waals surface area contributed by atoms with E-state index >= 15 is 0 Å². The van der Waals surface area contributed by atoms with Gasteiger partial charge in [0.1, 0.15) is 23.3 Å². The van der Waals surface area contributed by atoms with Gasteiger partial charge in [0, 0.05) is 12.2 Å². The molecule has 8 heteroatoms. The zero-order valence-electron chi connectivity index (χ0n) is 19.4. The first kappa shape index (κ1) is 23.0.